The van der Waals surface area contributed by atoms with E-state index in [2.05, 4.69) is 4.72 Å². The molecule has 0 aromatic heterocycles. The van der Waals surface area contributed by atoms with Crippen molar-refractivity contribution in [1.82, 2.24) is 4.72 Å². The number of hydrogen-bond acceptors (Lipinski definition) is 3. The van der Waals surface area contributed by atoms with E-state index in [1.54, 1.807) is 30.3 Å². The number of carbonyl (C=O) groups excluding carboxylic acids is 1. The van der Waals surface area contributed by atoms with Crippen LogP contribution in [0.25, 0.3) is 0 Å². The molecule has 22 heavy (non-hydrogen) atoms. The van der Waals surface area contributed by atoms with Crippen molar-refractivity contribution in [2.45, 2.75) is 17.7 Å². The van der Waals surface area contributed by atoms with Crippen LogP contribution in [0.4, 0.5) is 0 Å². The minimum atomic E-state index is -3.47. The van der Waals surface area contributed by atoms with E-state index in [1.807, 2.05) is 24.3 Å². The van der Waals surface area contributed by atoms with Gasteiger partial charge in [0.2, 0.25) is 15.9 Å². The van der Waals surface area contributed by atoms with Gasteiger partial charge < -0.3 is 5.73 Å². The predicted octanol–water partition coefficient (Wildman–Crippen LogP) is 1.24. The first-order valence-corrected chi connectivity index (χ1v) is 8.36. The molecule has 0 spiro atoms. The molecule has 0 aliphatic carbocycles. The number of carbonyl (C=O) groups is 1. The SMILES string of the molecule is NC(=O)Cc1ccc(CCNS(=O)(=O)c2ccccc2)cc1. The van der Waals surface area contributed by atoms with Crippen LogP contribution < -0.4 is 10.5 Å². The van der Waals surface area contributed by atoms with E-state index in [-0.39, 0.29) is 17.2 Å². The number of sulfonamides is 1. The zero-order chi connectivity index (χ0) is 16.0. The second-order valence-corrected chi connectivity index (χ2v) is 6.69. The topological polar surface area (TPSA) is 89.3 Å². The first kappa shape index (κ1) is 16.2. The van der Waals surface area contributed by atoms with Gasteiger partial charge in [0.1, 0.15) is 0 Å². The molecule has 0 fully saturated rings. The molecule has 1 amide bonds. The van der Waals surface area contributed by atoms with Gasteiger partial charge in [0, 0.05) is 6.54 Å². The average molecular weight is 318 g/mol. The molecule has 2 aromatic carbocycles. The lowest BCUT2D eigenvalue weighted by Gasteiger charge is -2.07. The molecule has 0 saturated heterocycles. The molecule has 3 N–H and O–H groups in total. The Hall–Kier alpha value is -2.18. The van der Waals surface area contributed by atoms with Crippen molar-refractivity contribution in [3.8, 4) is 0 Å². The second-order valence-electron chi connectivity index (χ2n) is 4.92. The fraction of sp³-hybridized carbons (Fsp3) is 0.188. The number of primary amides is 1. The highest BCUT2D eigenvalue weighted by Crippen LogP contribution is 2.08. The van der Waals surface area contributed by atoms with E-state index in [0.29, 0.717) is 13.0 Å². The molecule has 6 heteroatoms. The molecule has 2 rings (SSSR count). The van der Waals surface area contributed by atoms with Crippen molar-refractivity contribution >= 4 is 15.9 Å². The Kier molecular flexibility index (Phi) is 5.30. The van der Waals surface area contributed by atoms with Gasteiger partial charge in [-0.2, -0.15) is 0 Å². The van der Waals surface area contributed by atoms with Crippen LogP contribution in [0.3, 0.4) is 0 Å². The van der Waals surface area contributed by atoms with E-state index in [9.17, 15) is 13.2 Å². The molecular weight excluding hydrogens is 300 g/mol. The van der Waals surface area contributed by atoms with Gasteiger partial charge in [0.15, 0.2) is 0 Å². The lowest BCUT2D eigenvalue weighted by Crippen LogP contribution is -2.25. The standard InChI is InChI=1S/C16H18N2O3S/c17-16(19)12-14-8-6-13(7-9-14)10-11-18-22(20,21)15-4-2-1-3-5-15/h1-9,18H,10-12H2,(H2,17,19). The third-order valence-electron chi connectivity index (χ3n) is 3.16. The zero-order valence-corrected chi connectivity index (χ0v) is 12.8. The number of nitrogens with two attached hydrogens (primary N) is 1. The van der Waals surface area contributed by atoms with E-state index in [4.69, 9.17) is 5.73 Å². The maximum Gasteiger partial charge on any atom is 0.240 e. The normalized spacial score (nSPS) is 11.3. The van der Waals surface area contributed by atoms with Gasteiger partial charge in [-0.05, 0) is 29.7 Å². The van der Waals surface area contributed by atoms with Gasteiger partial charge in [0.25, 0.3) is 0 Å². The molecule has 5 nitrogen and oxygen atoms in total. The van der Waals surface area contributed by atoms with E-state index < -0.39 is 10.0 Å². The predicted molar refractivity (Wildman–Crippen MR) is 84.7 cm³/mol. The number of benzene rings is 2. The van der Waals surface area contributed by atoms with Gasteiger partial charge >= 0.3 is 0 Å². The van der Waals surface area contributed by atoms with Gasteiger partial charge in [-0.15, -0.1) is 0 Å². The highest BCUT2D eigenvalue weighted by Gasteiger charge is 2.12. The van der Waals surface area contributed by atoms with Crippen molar-refractivity contribution in [1.29, 1.82) is 0 Å². The molecule has 0 bridgehead atoms. The highest BCUT2D eigenvalue weighted by atomic mass is 32.2. The lowest BCUT2D eigenvalue weighted by atomic mass is 10.1. The van der Waals surface area contributed by atoms with Gasteiger partial charge in [-0.25, -0.2) is 13.1 Å². The zero-order valence-electron chi connectivity index (χ0n) is 12.0. The second kappa shape index (κ2) is 7.20. The molecule has 0 heterocycles. The molecule has 0 aliphatic rings. The summed E-state index contributed by atoms with van der Waals surface area (Å²) in [5.74, 6) is -0.372. The van der Waals surface area contributed by atoms with Crippen LogP contribution in [-0.4, -0.2) is 20.9 Å². The Morgan fingerprint density at radius 2 is 1.55 bits per heavy atom. The smallest absolute Gasteiger partial charge is 0.240 e. The summed E-state index contributed by atoms with van der Waals surface area (Å²) in [6.45, 7) is 0.312. The monoisotopic (exact) mass is 318 g/mol. The van der Waals surface area contributed by atoms with Gasteiger partial charge in [-0.1, -0.05) is 42.5 Å². The number of rotatable bonds is 7. The maximum absolute atomic E-state index is 12.0. The van der Waals surface area contributed by atoms with E-state index >= 15 is 0 Å². The summed E-state index contributed by atoms with van der Waals surface area (Å²) in [7, 11) is -3.47. The largest absolute Gasteiger partial charge is 0.369 e. The van der Waals surface area contributed by atoms with E-state index in [0.717, 1.165) is 11.1 Å². The highest BCUT2D eigenvalue weighted by molar-refractivity contribution is 7.89. The third kappa shape index (κ3) is 4.68. The summed E-state index contributed by atoms with van der Waals surface area (Å²) in [6, 6.07) is 15.6. The number of amides is 1. The van der Waals surface area contributed by atoms with Crippen molar-refractivity contribution < 1.29 is 13.2 Å². The Morgan fingerprint density at radius 1 is 0.955 bits per heavy atom. The quantitative estimate of drug-likeness (QED) is 0.805. The third-order valence-corrected chi connectivity index (χ3v) is 4.64. The van der Waals surface area contributed by atoms with Crippen LogP contribution in [0.1, 0.15) is 11.1 Å². The fourth-order valence-electron chi connectivity index (χ4n) is 2.04. The fourth-order valence-corrected chi connectivity index (χ4v) is 3.09. The molecule has 0 aliphatic heterocycles. The number of hydrogen-bond donors (Lipinski definition) is 2. The lowest BCUT2D eigenvalue weighted by molar-refractivity contribution is -0.117. The Bertz CT molecular complexity index is 726. The molecule has 0 unspecified atom stereocenters. The molecular formula is C16H18N2O3S. The minimum Gasteiger partial charge on any atom is -0.369 e. The Labute approximate surface area is 130 Å². The van der Waals surface area contributed by atoms with Crippen LogP contribution in [0.15, 0.2) is 59.5 Å². The Balaban J connectivity index is 1.90. The summed E-state index contributed by atoms with van der Waals surface area (Å²) in [4.78, 5) is 11.1. The minimum absolute atomic E-state index is 0.209. The van der Waals surface area contributed by atoms with Crippen LogP contribution >= 0.6 is 0 Å². The van der Waals surface area contributed by atoms with Crippen molar-refractivity contribution in [3.05, 3.63) is 65.7 Å². The maximum atomic E-state index is 12.0. The van der Waals surface area contributed by atoms with Crippen LogP contribution in [0.5, 0.6) is 0 Å². The summed E-state index contributed by atoms with van der Waals surface area (Å²) >= 11 is 0. The first-order chi connectivity index (χ1) is 10.5. The van der Waals surface area contributed by atoms with Crippen LogP contribution in [0, 0.1) is 0 Å². The Morgan fingerprint density at radius 3 is 2.14 bits per heavy atom. The van der Waals surface area contributed by atoms with Gasteiger partial charge in [0.05, 0.1) is 11.3 Å². The van der Waals surface area contributed by atoms with Crippen LogP contribution in [-0.2, 0) is 27.7 Å². The number of nitrogens with one attached hydrogen (secondary N) is 1. The molecule has 2 aromatic rings. The molecule has 0 saturated carbocycles. The summed E-state index contributed by atoms with van der Waals surface area (Å²) in [5.41, 5.74) is 6.97. The van der Waals surface area contributed by atoms with Crippen LogP contribution in [0.2, 0.25) is 0 Å². The molecule has 0 radical (unpaired) electrons. The molecule has 0 atom stereocenters. The molecule has 116 valence electrons. The summed E-state index contributed by atoms with van der Waals surface area (Å²) in [6.07, 6.45) is 0.782. The van der Waals surface area contributed by atoms with E-state index in [1.165, 1.54) is 0 Å². The van der Waals surface area contributed by atoms with Crippen molar-refractivity contribution in [2.24, 2.45) is 5.73 Å². The van der Waals surface area contributed by atoms with Crippen molar-refractivity contribution in [2.75, 3.05) is 6.54 Å². The van der Waals surface area contributed by atoms with Crippen molar-refractivity contribution in [3.63, 3.8) is 0 Å². The van der Waals surface area contributed by atoms with Gasteiger partial charge in [-0.3, -0.25) is 4.79 Å². The first-order valence-electron chi connectivity index (χ1n) is 6.88. The summed E-state index contributed by atoms with van der Waals surface area (Å²) < 4.78 is 26.6. The average Bonchev–Trinajstić information content (AvgIpc) is 2.49. The summed E-state index contributed by atoms with van der Waals surface area (Å²) in [5, 5.41) is 0.